The molecular weight excluding hydrogens is 517 g/mol. The van der Waals surface area contributed by atoms with E-state index in [1.807, 2.05) is 0 Å². The molecule has 2 N–H and O–H groups in total. The van der Waals surface area contributed by atoms with Crippen LogP contribution in [0.15, 0.2) is 0 Å². The van der Waals surface area contributed by atoms with E-state index in [0.29, 0.717) is 0 Å². The van der Waals surface area contributed by atoms with Gasteiger partial charge in [0.25, 0.3) is 0 Å². The minimum Gasteiger partial charge on any atom is -1.00 e. The maximum absolute atomic E-state index is 0. The molecule has 0 aromatic carbocycles. The van der Waals surface area contributed by atoms with Crippen LogP contribution in [0.4, 0.5) is 0 Å². The van der Waals surface area contributed by atoms with Crippen molar-refractivity contribution in [3.63, 3.8) is 0 Å². The summed E-state index contributed by atoms with van der Waals surface area (Å²) in [6.07, 6.45) is 0. The van der Waals surface area contributed by atoms with Crippen molar-refractivity contribution in [1.29, 1.82) is 0 Å². The molecule has 0 rings (SSSR count). The Morgan fingerprint density at radius 1 is 0.333 bits per heavy atom. The average Bonchev–Trinajstić information content (AvgIpc) is 0. The molecule has 0 bridgehead atoms. The molecule has 9 heavy (non-hydrogen) atoms. The van der Waals surface area contributed by atoms with Crippen molar-refractivity contribution >= 4 is 0 Å². The monoisotopic (exact) mass is 512 g/mol. The van der Waals surface area contributed by atoms with E-state index in [1.54, 1.807) is 0 Å². The summed E-state index contributed by atoms with van der Waals surface area (Å²) in [5.74, 6) is 0. The Balaban J connectivity index is 0. The zero-order valence-electron chi connectivity index (χ0n) is 3.77. The molecule has 0 saturated carbocycles. The minimum atomic E-state index is 0. The second-order valence-electron chi connectivity index (χ2n) is 0. The molecular formula is H2Cl6Nd2O. The van der Waals surface area contributed by atoms with Gasteiger partial charge in [-0.2, -0.15) is 0 Å². The Kier molecular flexibility index (Phi) is 984. The summed E-state index contributed by atoms with van der Waals surface area (Å²) in [6.45, 7) is 0. The Morgan fingerprint density at radius 3 is 0.333 bits per heavy atom. The zero-order chi connectivity index (χ0) is 0. The van der Waals surface area contributed by atoms with Crippen molar-refractivity contribution in [2.75, 3.05) is 0 Å². The normalized spacial score (nSPS) is 0. The van der Waals surface area contributed by atoms with E-state index in [0.717, 1.165) is 0 Å². The van der Waals surface area contributed by atoms with Gasteiger partial charge in [-0.1, -0.05) is 0 Å². The van der Waals surface area contributed by atoms with E-state index < -0.39 is 0 Å². The molecule has 0 atom stereocenters. The molecule has 58 valence electrons. The maximum Gasteiger partial charge on any atom is 3.00 e. The average molecular weight is 519 g/mol. The van der Waals surface area contributed by atoms with E-state index in [-0.39, 0.29) is 162 Å². The van der Waals surface area contributed by atoms with Gasteiger partial charge in [-0.05, 0) is 0 Å². The van der Waals surface area contributed by atoms with Crippen LogP contribution in [0.25, 0.3) is 0 Å². The third-order valence-corrected chi connectivity index (χ3v) is 0. The summed E-state index contributed by atoms with van der Waals surface area (Å²) in [7, 11) is 0. The van der Waals surface area contributed by atoms with Gasteiger partial charge in [-0.25, -0.2) is 0 Å². The van der Waals surface area contributed by atoms with E-state index in [2.05, 4.69) is 0 Å². The van der Waals surface area contributed by atoms with Crippen LogP contribution in [0.5, 0.6) is 0 Å². The van der Waals surface area contributed by atoms with Crippen LogP contribution in [-0.2, 0) is 0 Å². The molecule has 1 nitrogen and oxygen atoms in total. The van der Waals surface area contributed by atoms with E-state index in [4.69, 9.17) is 0 Å². The fourth-order valence-electron chi connectivity index (χ4n) is 0. The number of hydrogen-bond acceptors (Lipinski definition) is 0. The molecule has 0 saturated heterocycles. The molecule has 0 aliphatic heterocycles. The third kappa shape index (κ3) is 69.3. The van der Waals surface area contributed by atoms with Gasteiger partial charge in [0.2, 0.25) is 0 Å². The van der Waals surface area contributed by atoms with Gasteiger partial charge in [0, 0.05) is 0 Å². The van der Waals surface area contributed by atoms with Gasteiger partial charge < -0.3 is 79.9 Å². The van der Waals surface area contributed by atoms with Gasteiger partial charge in [0.1, 0.15) is 0 Å². The molecule has 0 spiro atoms. The predicted octanol–water partition coefficient (Wildman–Crippen LogP) is -18.8. The van der Waals surface area contributed by atoms with Crippen molar-refractivity contribution < 1.29 is 162 Å². The minimum absolute atomic E-state index is 0. The molecule has 9 heteroatoms. The van der Waals surface area contributed by atoms with E-state index in [9.17, 15) is 0 Å². The SMILES string of the molecule is O.[Cl-].[Cl-].[Cl-].[Cl-].[Cl-].[Cl-].[Nd+3].[Nd+3]. The van der Waals surface area contributed by atoms with Crippen LogP contribution < -0.4 is 74.4 Å². The number of hydrogen-bond donors (Lipinski definition) is 0. The summed E-state index contributed by atoms with van der Waals surface area (Å²) >= 11 is 0. The van der Waals surface area contributed by atoms with Gasteiger partial charge >= 0.3 is 81.7 Å². The smallest absolute Gasteiger partial charge is 1.00 e. The molecule has 0 amide bonds. The molecule has 0 aromatic rings. The molecule has 0 unspecified atom stereocenters. The van der Waals surface area contributed by atoms with Crippen LogP contribution in [-0.4, -0.2) is 5.48 Å². The summed E-state index contributed by atoms with van der Waals surface area (Å²) in [5.41, 5.74) is 0. The summed E-state index contributed by atoms with van der Waals surface area (Å²) in [5, 5.41) is 0. The molecule has 2 radical (unpaired) electrons. The second kappa shape index (κ2) is 83.2. The first kappa shape index (κ1) is 106. The zero-order valence-corrected chi connectivity index (χ0v) is 14.7. The van der Waals surface area contributed by atoms with Gasteiger partial charge in [0.15, 0.2) is 0 Å². The van der Waals surface area contributed by atoms with Crippen LogP contribution in [0.3, 0.4) is 0 Å². The first-order valence-corrected chi connectivity index (χ1v) is 0. The largest absolute Gasteiger partial charge is 3.00 e. The molecule has 0 aliphatic rings. The van der Waals surface area contributed by atoms with Crippen molar-refractivity contribution in [1.82, 2.24) is 0 Å². The number of halogens is 6. The molecule has 0 heterocycles. The third-order valence-electron chi connectivity index (χ3n) is 0. The van der Waals surface area contributed by atoms with E-state index in [1.165, 1.54) is 0 Å². The topological polar surface area (TPSA) is 31.5 Å². The summed E-state index contributed by atoms with van der Waals surface area (Å²) < 4.78 is 0. The van der Waals surface area contributed by atoms with E-state index >= 15 is 0 Å². The summed E-state index contributed by atoms with van der Waals surface area (Å²) in [4.78, 5) is 0. The Labute approximate surface area is 158 Å². The first-order chi connectivity index (χ1) is 0. The Morgan fingerprint density at radius 2 is 0.333 bits per heavy atom. The van der Waals surface area contributed by atoms with Crippen molar-refractivity contribution in [2.24, 2.45) is 0 Å². The molecule has 0 fully saturated rings. The molecule has 0 aromatic heterocycles. The fourth-order valence-corrected chi connectivity index (χ4v) is 0. The van der Waals surface area contributed by atoms with Gasteiger partial charge in [0.05, 0.1) is 0 Å². The maximum atomic E-state index is 0. The Hall–Kier alpha value is 4.40. The second-order valence-corrected chi connectivity index (χ2v) is 0. The van der Waals surface area contributed by atoms with Gasteiger partial charge in [-0.15, -0.1) is 0 Å². The van der Waals surface area contributed by atoms with Crippen LogP contribution in [0, 0.1) is 81.7 Å². The first-order valence-electron chi connectivity index (χ1n) is 0. The van der Waals surface area contributed by atoms with Crippen LogP contribution >= 0.6 is 0 Å². The Bertz CT molecular complexity index is 11.0. The van der Waals surface area contributed by atoms with Gasteiger partial charge in [-0.3, -0.25) is 0 Å². The number of rotatable bonds is 0. The predicted molar refractivity (Wildman–Crippen MR) is 3.61 cm³/mol. The van der Waals surface area contributed by atoms with Crippen LogP contribution in [0.2, 0.25) is 0 Å². The van der Waals surface area contributed by atoms with Crippen molar-refractivity contribution in [3.05, 3.63) is 0 Å². The van der Waals surface area contributed by atoms with Crippen LogP contribution in [0.1, 0.15) is 0 Å². The standard InChI is InChI=1S/6ClH.2Nd.H2O/h6*1H;;;1H2/q;;;;;;2*+3;/p-6. The van der Waals surface area contributed by atoms with Crippen molar-refractivity contribution in [3.8, 4) is 0 Å². The summed E-state index contributed by atoms with van der Waals surface area (Å²) in [6, 6.07) is 0. The molecule has 0 aliphatic carbocycles. The fraction of sp³-hybridized carbons (Fsp3) is 0. The van der Waals surface area contributed by atoms with Crippen molar-refractivity contribution in [2.45, 2.75) is 0 Å². The quantitative estimate of drug-likeness (QED) is 0.305.